The maximum atomic E-state index is 11.5. The smallest absolute Gasteiger partial charge is 0.325 e. The predicted molar refractivity (Wildman–Crippen MR) is 81.1 cm³/mol. The molecule has 0 unspecified atom stereocenters. The van der Waals surface area contributed by atoms with Gasteiger partial charge in [0.25, 0.3) is 0 Å². The molecule has 0 spiro atoms. The Morgan fingerprint density at radius 2 is 2.05 bits per heavy atom. The zero-order chi connectivity index (χ0) is 15.9. The number of allylic oxidation sites excluding steroid dienone is 1. The van der Waals surface area contributed by atoms with Crippen LogP contribution in [0.1, 0.15) is 12.5 Å². The summed E-state index contributed by atoms with van der Waals surface area (Å²) in [6.07, 6.45) is 1.70. The largest absolute Gasteiger partial charge is 0.465 e. The highest BCUT2D eigenvalue weighted by Crippen LogP contribution is 2.25. The van der Waals surface area contributed by atoms with E-state index in [-0.39, 0.29) is 18.7 Å². The standard InChI is InChI=1S/C16H14N4O2/c1-2-22-15(21)10-20-16(11(7-17)8-18)13-9-19-14-6-4-3-5-12(13)14/h3-6,9,19-20H,2,10H2,1H3. The van der Waals surface area contributed by atoms with Gasteiger partial charge in [0.1, 0.15) is 18.7 Å². The number of aromatic amines is 1. The molecule has 0 radical (unpaired) electrons. The average Bonchev–Trinajstić information content (AvgIpc) is 2.95. The fourth-order valence-corrected chi connectivity index (χ4v) is 2.11. The highest BCUT2D eigenvalue weighted by atomic mass is 16.5. The first-order chi connectivity index (χ1) is 10.7. The van der Waals surface area contributed by atoms with Gasteiger partial charge in [0.2, 0.25) is 0 Å². The lowest BCUT2D eigenvalue weighted by Crippen LogP contribution is -2.24. The van der Waals surface area contributed by atoms with Crippen LogP contribution in [-0.2, 0) is 9.53 Å². The van der Waals surface area contributed by atoms with Crippen LogP contribution in [0.15, 0.2) is 36.0 Å². The lowest BCUT2D eigenvalue weighted by atomic mass is 10.1. The van der Waals surface area contributed by atoms with Crippen LogP contribution >= 0.6 is 0 Å². The van der Waals surface area contributed by atoms with E-state index in [4.69, 9.17) is 15.3 Å². The number of ether oxygens (including phenoxy) is 1. The van der Waals surface area contributed by atoms with E-state index in [2.05, 4.69) is 10.3 Å². The van der Waals surface area contributed by atoms with Crippen molar-refractivity contribution in [3.05, 3.63) is 41.6 Å². The van der Waals surface area contributed by atoms with Gasteiger partial charge in [-0.25, -0.2) is 0 Å². The molecule has 1 aromatic heterocycles. The Morgan fingerprint density at radius 3 is 2.73 bits per heavy atom. The Kier molecular flexibility index (Phi) is 4.79. The van der Waals surface area contributed by atoms with Crippen LogP contribution < -0.4 is 5.32 Å². The number of esters is 1. The van der Waals surface area contributed by atoms with E-state index in [1.165, 1.54) is 0 Å². The molecular weight excluding hydrogens is 280 g/mol. The molecule has 0 atom stereocenters. The summed E-state index contributed by atoms with van der Waals surface area (Å²) in [5.74, 6) is -0.449. The zero-order valence-electron chi connectivity index (χ0n) is 12.0. The Balaban J connectivity index is 2.43. The van der Waals surface area contributed by atoms with Gasteiger partial charge >= 0.3 is 5.97 Å². The summed E-state index contributed by atoms with van der Waals surface area (Å²) < 4.78 is 4.85. The third kappa shape index (κ3) is 3.08. The normalized spacial score (nSPS) is 9.59. The van der Waals surface area contributed by atoms with Crippen molar-refractivity contribution in [2.45, 2.75) is 6.92 Å². The van der Waals surface area contributed by atoms with Gasteiger partial charge in [-0.1, -0.05) is 18.2 Å². The summed E-state index contributed by atoms with van der Waals surface area (Å²) >= 11 is 0. The van der Waals surface area contributed by atoms with Crippen molar-refractivity contribution in [3.8, 4) is 12.1 Å². The van der Waals surface area contributed by atoms with Gasteiger partial charge in [0.15, 0.2) is 5.57 Å². The van der Waals surface area contributed by atoms with Crippen molar-refractivity contribution in [1.29, 1.82) is 10.5 Å². The second-order valence-electron chi connectivity index (χ2n) is 4.38. The number of para-hydroxylation sites is 1. The number of hydrogen-bond donors (Lipinski definition) is 2. The minimum Gasteiger partial charge on any atom is -0.465 e. The number of H-pyrrole nitrogens is 1. The van der Waals surface area contributed by atoms with Crippen LogP contribution in [0.3, 0.4) is 0 Å². The van der Waals surface area contributed by atoms with Crippen LogP contribution in [-0.4, -0.2) is 24.1 Å². The Labute approximate surface area is 127 Å². The molecule has 0 fully saturated rings. The van der Waals surface area contributed by atoms with Crippen molar-refractivity contribution in [3.63, 3.8) is 0 Å². The van der Waals surface area contributed by atoms with Gasteiger partial charge in [0.05, 0.1) is 12.3 Å². The Hall–Kier alpha value is -3.25. The van der Waals surface area contributed by atoms with Gasteiger partial charge < -0.3 is 15.0 Å². The number of aromatic nitrogens is 1. The van der Waals surface area contributed by atoms with E-state index in [9.17, 15) is 4.79 Å². The summed E-state index contributed by atoms with van der Waals surface area (Å²) in [5, 5.41) is 22.0. The van der Waals surface area contributed by atoms with Crippen molar-refractivity contribution in [1.82, 2.24) is 10.3 Å². The van der Waals surface area contributed by atoms with Crippen LogP contribution in [0.4, 0.5) is 0 Å². The summed E-state index contributed by atoms with van der Waals surface area (Å²) in [7, 11) is 0. The van der Waals surface area contributed by atoms with Gasteiger partial charge in [-0.2, -0.15) is 10.5 Å². The molecule has 6 heteroatoms. The lowest BCUT2D eigenvalue weighted by molar-refractivity contribution is -0.141. The number of carbonyl (C=O) groups is 1. The quantitative estimate of drug-likeness (QED) is 0.649. The number of hydrogen-bond acceptors (Lipinski definition) is 5. The third-order valence-electron chi connectivity index (χ3n) is 3.05. The zero-order valence-corrected chi connectivity index (χ0v) is 12.0. The maximum absolute atomic E-state index is 11.5. The number of rotatable bonds is 5. The molecule has 0 saturated carbocycles. The third-order valence-corrected chi connectivity index (χ3v) is 3.05. The molecule has 0 aliphatic heterocycles. The van der Waals surface area contributed by atoms with E-state index in [0.717, 1.165) is 10.9 Å². The van der Waals surface area contributed by atoms with E-state index in [0.29, 0.717) is 11.3 Å². The van der Waals surface area contributed by atoms with Crippen molar-refractivity contribution in [2.24, 2.45) is 0 Å². The monoisotopic (exact) mass is 294 g/mol. The first-order valence-corrected chi connectivity index (χ1v) is 6.71. The van der Waals surface area contributed by atoms with Crippen molar-refractivity contribution in [2.75, 3.05) is 13.2 Å². The maximum Gasteiger partial charge on any atom is 0.325 e. The van der Waals surface area contributed by atoms with E-state index < -0.39 is 5.97 Å². The highest BCUT2D eigenvalue weighted by molar-refractivity contribution is 5.94. The van der Waals surface area contributed by atoms with E-state index >= 15 is 0 Å². The number of benzene rings is 1. The van der Waals surface area contributed by atoms with Crippen LogP contribution in [0.5, 0.6) is 0 Å². The number of carbonyl (C=O) groups excluding carboxylic acids is 1. The molecular formula is C16H14N4O2. The van der Waals surface area contributed by atoms with Crippen molar-refractivity contribution < 1.29 is 9.53 Å². The van der Waals surface area contributed by atoms with E-state index in [1.807, 2.05) is 36.4 Å². The first kappa shape index (κ1) is 15.1. The van der Waals surface area contributed by atoms with Crippen LogP contribution in [0.2, 0.25) is 0 Å². The Bertz CT molecular complexity index is 789. The molecule has 1 aromatic carbocycles. The van der Waals surface area contributed by atoms with Crippen LogP contribution in [0, 0.1) is 22.7 Å². The summed E-state index contributed by atoms with van der Waals surface area (Å²) in [6, 6.07) is 11.2. The van der Waals surface area contributed by atoms with Gasteiger partial charge in [-0.05, 0) is 13.0 Å². The van der Waals surface area contributed by atoms with Crippen molar-refractivity contribution >= 4 is 22.6 Å². The highest BCUT2D eigenvalue weighted by Gasteiger charge is 2.15. The average molecular weight is 294 g/mol. The molecule has 22 heavy (non-hydrogen) atoms. The molecule has 0 saturated heterocycles. The molecule has 0 aliphatic rings. The van der Waals surface area contributed by atoms with Gasteiger partial charge in [-0.15, -0.1) is 0 Å². The molecule has 2 N–H and O–H groups in total. The summed E-state index contributed by atoms with van der Waals surface area (Å²) in [5.41, 5.74) is 1.77. The van der Waals surface area contributed by atoms with E-state index in [1.54, 1.807) is 13.1 Å². The SMILES string of the molecule is CCOC(=O)CNC(=C(C#N)C#N)c1c[nH]c2ccccc12. The molecule has 0 amide bonds. The molecule has 2 rings (SSSR count). The van der Waals surface area contributed by atoms with Crippen LogP contribution in [0.25, 0.3) is 16.6 Å². The number of fused-ring (bicyclic) bond motifs is 1. The minimum absolute atomic E-state index is 0.0888. The fraction of sp³-hybridized carbons (Fsp3) is 0.188. The molecule has 0 aliphatic carbocycles. The summed E-state index contributed by atoms with van der Waals surface area (Å²) in [4.78, 5) is 14.6. The predicted octanol–water partition coefficient (Wildman–Crippen LogP) is 2.08. The number of nitriles is 2. The number of nitrogens with one attached hydrogen (secondary N) is 2. The van der Waals surface area contributed by atoms with Gasteiger partial charge in [0, 0.05) is 22.7 Å². The molecule has 2 aromatic rings. The second-order valence-corrected chi connectivity index (χ2v) is 4.38. The molecule has 6 nitrogen and oxygen atoms in total. The minimum atomic E-state index is -0.449. The summed E-state index contributed by atoms with van der Waals surface area (Å²) in [6.45, 7) is 1.87. The fourth-order valence-electron chi connectivity index (χ4n) is 2.11. The topological polar surface area (TPSA) is 102 Å². The molecule has 1 heterocycles. The van der Waals surface area contributed by atoms with Gasteiger partial charge in [-0.3, -0.25) is 4.79 Å². The second kappa shape index (κ2) is 6.96. The lowest BCUT2D eigenvalue weighted by Gasteiger charge is -2.10. The first-order valence-electron chi connectivity index (χ1n) is 6.71. The molecule has 0 bridgehead atoms. The number of nitrogens with zero attached hydrogens (tertiary/aromatic N) is 2. The molecule has 110 valence electrons. The Morgan fingerprint density at radius 1 is 1.32 bits per heavy atom.